The monoisotopic (exact) mass is 390 g/mol. The maximum atomic E-state index is 12.7. The van der Waals surface area contributed by atoms with E-state index < -0.39 is 10.0 Å². The SMILES string of the molecule is CCc1cccc(C)c1NS(=O)(=O)c1ccc(C(=O)NCCCOC)cc1. The van der Waals surface area contributed by atoms with Crippen molar-refractivity contribution >= 4 is 21.6 Å². The van der Waals surface area contributed by atoms with Crippen LogP contribution in [0.2, 0.25) is 0 Å². The van der Waals surface area contributed by atoms with Gasteiger partial charge in [-0.05, 0) is 55.2 Å². The number of nitrogens with one attached hydrogen (secondary N) is 2. The number of rotatable bonds is 9. The highest BCUT2D eigenvalue weighted by Crippen LogP contribution is 2.24. The molecule has 2 rings (SSSR count). The second kappa shape index (κ2) is 9.53. The van der Waals surface area contributed by atoms with E-state index in [-0.39, 0.29) is 10.8 Å². The lowest BCUT2D eigenvalue weighted by molar-refractivity contribution is 0.0948. The number of methoxy groups -OCH3 is 1. The minimum absolute atomic E-state index is 0.115. The van der Waals surface area contributed by atoms with Crippen LogP contribution in [0.15, 0.2) is 47.4 Å². The summed E-state index contributed by atoms with van der Waals surface area (Å²) in [7, 11) is -2.13. The van der Waals surface area contributed by atoms with Crippen molar-refractivity contribution in [3.63, 3.8) is 0 Å². The van der Waals surface area contributed by atoms with E-state index in [1.54, 1.807) is 7.11 Å². The molecule has 0 aliphatic rings. The molecule has 0 spiro atoms. The van der Waals surface area contributed by atoms with Gasteiger partial charge in [0.15, 0.2) is 0 Å². The van der Waals surface area contributed by atoms with E-state index in [9.17, 15) is 13.2 Å². The Labute approximate surface area is 161 Å². The van der Waals surface area contributed by atoms with Crippen LogP contribution < -0.4 is 10.0 Å². The normalized spacial score (nSPS) is 11.2. The second-order valence-electron chi connectivity index (χ2n) is 6.19. The molecule has 7 heteroatoms. The van der Waals surface area contributed by atoms with Crippen molar-refractivity contribution in [1.82, 2.24) is 5.32 Å². The molecular formula is C20H26N2O4S. The molecule has 0 aliphatic heterocycles. The number of carbonyl (C=O) groups is 1. The lowest BCUT2D eigenvalue weighted by Gasteiger charge is -2.14. The van der Waals surface area contributed by atoms with Crippen LogP contribution in [-0.4, -0.2) is 34.6 Å². The van der Waals surface area contributed by atoms with Gasteiger partial charge < -0.3 is 10.1 Å². The number of aryl methyl sites for hydroxylation is 2. The van der Waals surface area contributed by atoms with Crippen LogP contribution in [0.5, 0.6) is 0 Å². The van der Waals surface area contributed by atoms with E-state index in [0.29, 0.717) is 24.4 Å². The summed E-state index contributed by atoms with van der Waals surface area (Å²) >= 11 is 0. The molecule has 0 atom stereocenters. The smallest absolute Gasteiger partial charge is 0.261 e. The summed E-state index contributed by atoms with van der Waals surface area (Å²) in [6.07, 6.45) is 1.44. The van der Waals surface area contributed by atoms with Crippen LogP contribution in [0.4, 0.5) is 5.69 Å². The minimum atomic E-state index is -3.73. The van der Waals surface area contributed by atoms with Crippen LogP contribution >= 0.6 is 0 Å². The quantitative estimate of drug-likeness (QED) is 0.644. The van der Waals surface area contributed by atoms with Gasteiger partial charge in [0.05, 0.1) is 10.6 Å². The van der Waals surface area contributed by atoms with Crippen molar-refractivity contribution in [1.29, 1.82) is 0 Å². The molecule has 1 amide bonds. The van der Waals surface area contributed by atoms with Gasteiger partial charge in [0, 0.05) is 25.8 Å². The Morgan fingerprint density at radius 1 is 1.11 bits per heavy atom. The fourth-order valence-corrected chi connectivity index (χ4v) is 3.84. The molecule has 0 saturated heterocycles. The van der Waals surface area contributed by atoms with Gasteiger partial charge >= 0.3 is 0 Å². The topological polar surface area (TPSA) is 84.5 Å². The predicted octanol–water partition coefficient (Wildman–Crippen LogP) is 3.12. The Bertz CT molecular complexity index is 877. The molecule has 2 N–H and O–H groups in total. The summed E-state index contributed by atoms with van der Waals surface area (Å²) in [6, 6.07) is 11.6. The number of ether oxygens (including phenoxy) is 1. The minimum Gasteiger partial charge on any atom is -0.385 e. The summed E-state index contributed by atoms with van der Waals surface area (Å²) in [4.78, 5) is 12.2. The van der Waals surface area contributed by atoms with E-state index >= 15 is 0 Å². The molecule has 0 heterocycles. The number of para-hydroxylation sites is 1. The maximum absolute atomic E-state index is 12.7. The van der Waals surface area contributed by atoms with Crippen molar-refractivity contribution in [2.75, 3.05) is 25.0 Å². The molecule has 0 radical (unpaired) electrons. The molecule has 27 heavy (non-hydrogen) atoms. The van der Waals surface area contributed by atoms with E-state index in [1.165, 1.54) is 24.3 Å². The predicted molar refractivity (Wildman–Crippen MR) is 107 cm³/mol. The molecule has 0 saturated carbocycles. The molecule has 2 aromatic carbocycles. The number of carbonyl (C=O) groups excluding carboxylic acids is 1. The average Bonchev–Trinajstić information content (AvgIpc) is 2.66. The van der Waals surface area contributed by atoms with Crippen LogP contribution in [0.25, 0.3) is 0 Å². The van der Waals surface area contributed by atoms with Crippen LogP contribution in [0.3, 0.4) is 0 Å². The van der Waals surface area contributed by atoms with Crippen molar-refractivity contribution in [3.8, 4) is 0 Å². The Balaban J connectivity index is 2.13. The fourth-order valence-electron chi connectivity index (χ4n) is 2.67. The lowest BCUT2D eigenvalue weighted by atomic mass is 10.1. The first-order chi connectivity index (χ1) is 12.9. The van der Waals surface area contributed by atoms with E-state index in [4.69, 9.17) is 4.74 Å². The van der Waals surface area contributed by atoms with Crippen molar-refractivity contribution in [3.05, 3.63) is 59.2 Å². The highest BCUT2D eigenvalue weighted by molar-refractivity contribution is 7.92. The van der Waals surface area contributed by atoms with E-state index in [0.717, 1.165) is 24.0 Å². The third-order valence-corrected chi connectivity index (χ3v) is 5.58. The number of benzene rings is 2. The summed E-state index contributed by atoms with van der Waals surface area (Å²) in [5, 5.41) is 2.77. The van der Waals surface area contributed by atoms with Crippen LogP contribution in [-0.2, 0) is 21.2 Å². The van der Waals surface area contributed by atoms with Gasteiger partial charge in [0.1, 0.15) is 0 Å². The number of amides is 1. The molecule has 0 unspecified atom stereocenters. The number of sulfonamides is 1. The molecule has 0 aliphatic carbocycles. The van der Waals surface area contributed by atoms with E-state index in [1.807, 2.05) is 32.0 Å². The second-order valence-corrected chi connectivity index (χ2v) is 7.88. The van der Waals surface area contributed by atoms with Crippen LogP contribution in [0, 0.1) is 6.92 Å². The van der Waals surface area contributed by atoms with Gasteiger partial charge in [-0.25, -0.2) is 8.42 Å². The largest absolute Gasteiger partial charge is 0.385 e. The first-order valence-corrected chi connectivity index (χ1v) is 10.4. The maximum Gasteiger partial charge on any atom is 0.261 e. The number of anilines is 1. The van der Waals surface area contributed by atoms with Gasteiger partial charge in [-0.2, -0.15) is 0 Å². The highest BCUT2D eigenvalue weighted by Gasteiger charge is 2.17. The lowest BCUT2D eigenvalue weighted by Crippen LogP contribution is -2.25. The standard InChI is InChI=1S/C20H26N2O4S/c1-4-16-8-5-7-15(2)19(16)22-27(24,25)18-11-9-17(10-12-18)20(23)21-13-6-14-26-3/h5,7-12,22H,4,6,13-14H2,1-3H3,(H,21,23). The summed E-state index contributed by atoms with van der Waals surface area (Å²) in [5.74, 6) is -0.241. The molecule has 0 bridgehead atoms. The summed E-state index contributed by atoms with van der Waals surface area (Å²) < 4.78 is 33.1. The summed E-state index contributed by atoms with van der Waals surface area (Å²) in [5.41, 5.74) is 2.83. The van der Waals surface area contributed by atoms with Crippen molar-refractivity contribution in [2.24, 2.45) is 0 Å². The van der Waals surface area contributed by atoms with E-state index in [2.05, 4.69) is 10.0 Å². The van der Waals surface area contributed by atoms with Crippen molar-refractivity contribution < 1.29 is 17.9 Å². The first-order valence-electron chi connectivity index (χ1n) is 8.87. The zero-order valence-corrected chi connectivity index (χ0v) is 16.7. The van der Waals surface area contributed by atoms with Gasteiger partial charge in [-0.15, -0.1) is 0 Å². The Morgan fingerprint density at radius 3 is 2.44 bits per heavy atom. The van der Waals surface area contributed by atoms with Gasteiger partial charge in [0.2, 0.25) is 0 Å². The van der Waals surface area contributed by atoms with Crippen molar-refractivity contribution in [2.45, 2.75) is 31.6 Å². The molecule has 2 aromatic rings. The fraction of sp³-hybridized carbons (Fsp3) is 0.350. The average molecular weight is 391 g/mol. The Hall–Kier alpha value is -2.38. The molecule has 146 valence electrons. The molecule has 0 fully saturated rings. The first kappa shape index (κ1) is 20.9. The molecule has 0 aromatic heterocycles. The highest BCUT2D eigenvalue weighted by atomic mass is 32.2. The third kappa shape index (κ3) is 5.55. The summed E-state index contributed by atoms with van der Waals surface area (Å²) in [6.45, 7) is 4.92. The molecular weight excluding hydrogens is 364 g/mol. The zero-order valence-electron chi connectivity index (χ0n) is 15.9. The number of hydrogen-bond donors (Lipinski definition) is 2. The van der Waals surface area contributed by atoms with Gasteiger partial charge in [0.25, 0.3) is 15.9 Å². The van der Waals surface area contributed by atoms with Gasteiger partial charge in [-0.3, -0.25) is 9.52 Å². The molecule has 6 nitrogen and oxygen atoms in total. The zero-order chi connectivity index (χ0) is 19.9. The third-order valence-electron chi connectivity index (χ3n) is 4.21. The Kier molecular flexibility index (Phi) is 7.38. The number of hydrogen-bond acceptors (Lipinski definition) is 4. The van der Waals surface area contributed by atoms with Gasteiger partial charge in [-0.1, -0.05) is 25.1 Å². The van der Waals surface area contributed by atoms with Crippen LogP contribution in [0.1, 0.15) is 34.8 Å². The Morgan fingerprint density at radius 2 is 1.81 bits per heavy atom.